The highest BCUT2D eigenvalue weighted by Crippen LogP contribution is 2.38. The van der Waals surface area contributed by atoms with Gasteiger partial charge in [0.05, 0.1) is 10.9 Å². The highest BCUT2D eigenvalue weighted by molar-refractivity contribution is 6.24. The number of carbonyl (C=O) groups excluding carboxylic acids is 1. The molecule has 0 fully saturated rings. The number of carbonyl (C=O) groups is 1. The van der Waals surface area contributed by atoms with Gasteiger partial charge < -0.3 is 10.2 Å². The van der Waals surface area contributed by atoms with Crippen LogP contribution in [-0.4, -0.2) is 16.1 Å². The first-order valence-corrected chi connectivity index (χ1v) is 6.83. The molecule has 0 atom stereocenters. The predicted molar refractivity (Wildman–Crippen MR) is 82.0 cm³/mol. The van der Waals surface area contributed by atoms with Gasteiger partial charge in [0.25, 0.3) is 5.91 Å². The molecular formula is C18H11NO3. The minimum absolute atomic E-state index is 0.185. The summed E-state index contributed by atoms with van der Waals surface area (Å²) in [6.45, 7) is 0. The number of nitrogens with zero attached hydrogens (tertiary/aromatic N) is 1. The predicted octanol–water partition coefficient (Wildman–Crippen LogP) is 1.61. The molecule has 3 aromatic rings. The summed E-state index contributed by atoms with van der Waals surface area (Å²) in [4.78, 5) is 16.4. The summed E-state index contributed by atoms with van der Waals surface area (Å²) in [5.41, 5.74) is 1.02. The second-order valence-corrected chi connectivity index (χ2v) is 5.15. The fourth-order valence-electron chi connectivity index (χ4n) is 2.88. The van der Waals surface area contributed by atoms with Gasteiger partial charge in [-0.2, -0.15) is 0 Å². The fourth-order valence-corrected chi connectivity index (χ4v) is 2.88. The fraction of sp³-hybridized carbons (Fsp3) is 0. The highest BCUT2D eigenvalue weighted by Gasteiger charge is 2.22. The molecule has 0 unspecified atom stereocenters. The lowest BCUT2D eigenvalue weighted by Crippen LogP contribution is -2.22. The van der Waals surface area contributed by atoms with Crippen LogP contribution < -0.4 is 10.6 Å². The van der Waals surface area contributed by atoms with Crippen LogP contribution in [0.15, 0.2) is 59.6 Å². The number of fused-ring (bicyclic) bond motifs is 2. The van der Waals surface area contributed by atoms with E-state index in [1.807, 2.05) is 30.3 Å². The third kappa shape index (κ3) is 1.64. The van der Waals surface area contributed by atoms with Crippen LogP contribution in [0, 0.1) is 0 Å². The summed E-state index contributed by atoms with van der Waals surface area (Å²) in [6.07, 6.45) is 0. The largest absolute Gasteiger partial charge is 0.504 e. The molecule has 1 aliphatic rings. The van der Waals surface area contributed by atoms with Crippen LogP contribution in [0.1, 0.15) is 5.56 Å². The molecule has 0 aromatic heterocycles. The Bertz CT molecular complexity index is 1070. The van der Waals surface area contributed by atoms with Crippen molar-refractivity contribution < 1.29 is 15.0 Å². The Balaban J connectivity index is 2.20. The molecule has 3 aromatic carbocycles. The lowest BCUT2D eigenvalue weighted by atomic mass is 9.95. The Hall–Kier alpha value is -3.14. The van der Waals surface area contributed by atoms with E-state index in [9.17, 15) is 15.0 Å². The number of rotatable bonds is 1. The second-order valence-electron chi connectivity index (χ2n) is 5.15. The molecule has 0 saturated heterocycles. The Labute approximate surface area is 125 Å². The molecule has 0 saturated carbocycles. The number of hydrogen-bond acceptors (Lipinski definition) is 3. The van der Waals surface area contributed by atoms with Crippen molar-refractivity contribution in [1.82, 2.24) is 0 Å². The van der Waals surface area contributed by atoms with Crippen molar-refractivity contribution in [3.63, 3.8) is 0 Å². The summed E-state index contributed by atoms with van der Waals surface area (Å²) in [6, 6.07) is 15.8. The average Bonchev–Trinajstić information content (AvgIpc) is 2.87. The van der Waals surface area contributed by atoms with E-state index in [0.717, 1.165) is 5.22 Å². The minimum Gasteiger partial charge on any atom is -0.504 e. The number of benzene rings is 3. The molecule has 2 N–H and O–H groups in total. The van der Waals surface area contributed by atoms with Crippen LogP contribution in [0.2, 0.25) is 0 Å². The number of aromatic hydroxyl groups is 2. The smallest absolute Gasteiger partial charge is 0.278 e. The van der Waals surface area contributed by atoms with Gasteiger partial charge in [0.15, 0.2) is 11.5 Å². The summed E-state index contributed by atoms with van der Waals surface area (Å²) >= 11 is 0. The quantitative estimate of drug-likeness (QED) is 0.669. The van der Waals surface area contributed by atoms with E-state index in [1.165, 1.54) is 6.07 Å². The van der Waals surface area contributed by atoms with E-state index in [2.05, 4.69) is 4.99 Å². The van der Waals surface area contributed by atoms with Crippen molar-refractivity contribution in [3.8, 4) is 11.5 Å². The van der Waals surface area contributed by atoms with Gasteiger partial charge in [0.2, 0.25) is 0 Å². The molecule has 106 valence electrons. The highest BCUT2D eigenvalue weighted by atomic mass is 16.3. The van der Waals surface area contributed by atoms with Crippen molar-refractivity contribution in [1.29, 1.82) is 0 Å². The summed E-state index contributed by atoms with van der Waals surface area (Å²) in [5.74, 6) is -0.773. The number of phenols is 2. The van der Waals surface area contributed by atoms with Gasteiger partial charge in [-0.3, -0.25) is 4.79 Å². The zero-order valence-electron chi connectivity index (χ0n) is 11.4. The van der Waals surface area contributed by atoms with Crippen molar-refractivity contribution in [2.45, 2.75) is 0 Å². The summed E-state index contributed by atoms with van der Waals surface area (Å²) < 4.78 is 0. The van der Waals surface area contributed by atoms with Gasteiger partial charge >= 0.3 is 0 Å². The van der Waals surface area contributed by atoms with Crippen LogP contribution >= 0.6 is 0 Å². The van der Waals surface area contributed by atoms with Gasteiger partial charge in [-0.15, -0.1) is 0 Å². The summed E-state index contributed by atoms with van der Waals surface area (Å²) in [7, 11) is 0. The zero-order valence-corrected chi connectivity index (χ0v) is 11.4. The van der Waals surface area contributed by atoms with Gasteiger partial charge in [-0.25, -0.2) is 4.99 Å². The lowest BCUT2D eigenvalue weighted by molar-refractivity contribution is -0.112. The Morgan fingerprint density at radius 3 is 2.36 bits per heavy atom. The van der Waals surface area contributed by atoms with Crippen molar-refractivity contribution in [2.75, 3.05) is 0 Å². The number of amides is 1. The van der Waals surface area contributed by atoms with E-state index in [-0.39, 0.29) is 17.4 Å². The Kier molecular flexibility index (Phi) is 2.53. The Morgan fingerprint density at radius 1 is 0.864 bits per heavy atom. The van der Waals surface area contributed by atoms with E-state index in [0.29, 0.717) is 27.3 Å². The van der Waals surface area contributed by atoms with Crippen LogP contribution in [-0.2, 0) is 4.79 Å². The molecule has 1 heterocycles. The normalized spacial score (nSPS) is 13.3. The van der Waals surface area contributed by atoms with E-state index < -0.39 is 0 Å². The summed E-state index contributed by atoms with van der Waals surface area (Å²) in [5, 5.41) is 22.6. The maximum atomic E-state index is 12.3. The van der Waals surface area contributed by atoms with Crippen LogP contribution in [0.3, 0.4) is 0 Å². The molecule has 0 radical (unpaired) electrons. The lowest BCUT2D eigenvalue weighted by Gasteiger charge is -2.10. The number of hydrogen-bond donors (Lipinski definition) is 2. The van der Waals surface area contributed by atoms with Crippen molar-refractivity contribution >= 4 is 22.3 Å². The minimum atomic E-state index is -0.337. The number of para-hydroxylation sites is 1. The standard InChI is InChI=1S/C18H11NO3/c20-15-9-13(10-5-1-2-6-11(10)17(15)21)16-12-7-3-4-8-14(12)19-18(16)22/h1-9,20-21H. The Morgan fingerprint density at radius 2 is 1.55 bits per heavy atom. The molecule has 0 bridgehead atoms. The molecule has 1 aliphatic heterocycles. The van der Waals surface area contributed by atoms with E-state index in [1.54, 1.807) is 18.2 Å². The molecule has 0 aliphatic carbocycles. The van der Waals surface area contributed by atoms with Crippen LogP contribution in [0.5, 0.6) is 11.5 Å². The molecule has 1 amide bonds. The molecule has 4 rings (SSSR count). The van der Waals surface area contributed by atoms with Gasteiger partial charge in [-0.05, 0) is 23.1 Å². The maximum Gasteiger partial charge on any atom is 0.278 e. The zero-order chi connectivity index (χ0) is 15.3. The molecular weight excluding hydrogens is 278 g/mol. The maximum absolute atomic E-state index is 12.3. The van der Waals surface area contributed by atoms with Gasteiger partial charge in [0, 0.05) is 10.6 Å². The number of phenolic OH excluding ortho intramolecular Hbond substituents is 2. The topological polar surface area (TPSA) is 69.9 Å². The molecule has 4 nitrogen and oxygen atoms in total. The second kappa shape index (κ2) is 4.43. The molecule has 22 heavy (non-hydrogen) atoms. The van der Waals surface area contributed by atoms with Gasteiger partial charge in [0.1, 0.15) is 0 Å². The monoisotopic (exact) mass is 289 g/mol. The van der Waals surface area contributed by atoms with E-state index >= 15 is 0 Å². The first-order chi connectivity index (χ1) is 10.7. The third-order valence-electron chi connectivity index (χ3n) is 3.87. The first kappa shape index (κ1) is 12.6. The molecule has 4 heteroatoms. The average molecular weight is 289 g/mol. The molecule has 0 spiro atoms. The van der Waals surface area contributed by atoms with E-state index in [4.69, 9.17) is 0 Å². The van der Waals surface area contributed by atoms with Crippen molar-refractivity contribution in [2.24, 2.45) is 4.99 Å². The first-order valence-electron chi connectivity index (χ1n) is 6.83. The SMILES string of the molecule is O=C1N=c2ccccc2=C1c1cc(O)c(O)c2ccccc12. The van der Waals surface area contributed by atoms with Crippen molar-refractivity contribution in [3.05, 3.63) is 70.7 Å². The van der Waals surface area contributed by atoms with Gasteiger partial charge in [-0.1, -0.05) is 42.5 Å². The third-order valence-corrected chi connectivity index (χ3v) is 3.87. The van der Waals surface area contributed by atoms with Crippen LogP contribution in [0.25, 0.3) is 16.3 Å². The van der Waals surface area contributed by atoms with Crippen LogP contribution in [0.4, 0.5) is 0 Å².